The number of benzene rings is 2. The maximum absolute atomic E-state index is 13.0. The van der Waals surface area contributed by atoms with Crippen molar-refractivity contribution in [2.75, 3.05) is 19.6 Å². The van der Waals surface area contributed by atoms with Crippen molar-refractivity contribution >= 4 is 29.3 Å². The third-order valence-electron chi connectivity index (χ3n) is 6.05. The maximum atomic E-state index is 13.0. The Bertz CT molecular complexity index is 1000. The molecule has 0 spiro atoms. The number of carbonyl (C=O) groups excluding carboxylic acids is 3. The van der Waals surface area contributed by atoms with Crippen LogP contribution in [0.2, 0.25) is 5.02 Å². The van der Waals surface area contributed by atoms with Gasteiger partial charge in [0.2, 0.25) is 5.91 Å². The van der Waals surface area contributed by atoms with E-state index in [-0.39, 0.29) is 23.6 Å². The lowest BCUT2D eigenvalue weighted by Crippen LogP contribution is -2.54. The third kappa shape index (κ3) is 6.35. The van der Waals surface area contributed by atoms with E-state index in [1.807, 2.05) is 49.9 Å². The first-order valence-electron chi connectivity index (χ1n) is 11.5. The largest absolute Gasteiger partial charge is 0.354 e. The van der Waals surface area contributed by atoms with Gasteiger partial charge in [-0.25, -0.2) is 0 Å². The number of amides is 3. The van der Waals surface area contributed by atoms with E-state index in [1.54, 1.807) is 24.3 Å². The van der Waals surface area contributed by atoms with Crippen LogP contribution in [0.1, 0.15) is 53.0 Å². The highest BCUT2D eigenvalue weighted by Gasteiger charge is 2.34. The van der Waals surface area contributed by atoms with Crippen molar-refractivity contribution in [3.8, 4) is 0 Å². The van der Waals surface area contributed by atoms with Gasteiger partial charge >= 0.3 is 0 Å². The molecule has 0 aromatic heterocycles. The summed E-state index contributed by atoms with van der Waals surface area (Å²) in [4.78, 5) is 40.8. The molecule has 0 radical (unpaired) electrons. The number of carbonyl (C=O) groups is 3. The molecular formula is C26H32ClN3O3. The molecule has 3 amide bonds. The molecule has 2 aromatic carbocycles. The van der Waals surface area contributed by atoms with E-state index < -0.39 is 6.04 Å². The van der Waals surface area contributed by atoms with Crippen molar-refractivity contribution in [2.24, 2.45) is 11.8 Å². The monoisotopic (exact) mass is 469 g/mol. The standard InChI is InChI=1S/C26H32ClN3O3/c1-17(2)16-28-25(32)23(29-24(31)21-10-6-7-11-22(21)27)19-12-14-30(15-13-19)26(33)20-9-5-4-8-18(20)3/h4-11,17,19,23H,12-16H2,1-3H3,(H,28,32)(H,29,31)/t23-/m1/s1. The molecule has 1 aliphatic rings. The first-order valence-corrected chi connectivity index (χ1v) is 11.8. The number of halogens is 1. The summed E-state index contributed by atoms with van der Waals surface area (Å²) in [5, 5.41) is 6.21. The number of nitrogens with zero attached hydrogens (tertiary/aromatic N) is 1. The lowest BCUT2D eigenvalue weighted by atomic mass is 9.88. The summed E-state index contributed by atoms with van der Waals surface area (Å²) in [6.45, 7) is 7.57. The van der Waals surface area contributed by atoms with E-state index in [9.17, 15) is 14.4 Å². The van der Waals surface area contributed by atoms with Crippen molar-refractivity contribution in [2.45, 2.75) is 39.7 Å². The average molecular weight is 470 g/mol. The Hall–Kier alpha value is -2.86. The zero-order valence-electron chi connectivity index (χ0n) is 19.4. The van der Waals surface area contributed by atoms with E-state index in [0.29, 0.717) is 54.5 Å². The fourth-order valence-corrected chi connectivity index (χ4v) is 4.32. The molecule has 1 aliphatic heterocycles. The fourth-order valence-electron chi connectivity index (χ4n) is 4.10. The number of hydrogen-bond donors (Lipinski definition) is 2. The van der Waals surface area contributed by atoms with Gasteiger partial charge in [-0.3, -0.25) is 14.4 Å². The van der Waals surface area contributed by atoms with E-state index in [0.717, 1.165) is 5.56 Å². The smallest absolute Gasteiger partial charge is 0.254 e. The Balaban J connectivity index is 1.71. The number of aryl methyl sites for hydroxylation is 1. The zero-order valence-corrected chi connectivity index (χ0v) is 20.2. The highest BCUT2D eigenvalue weighted by atomic mass is 35.5. The first kappa shape index (κ1) is 24.8. The van der Waals surface area contributed by atoms with Crippen LogP contribution in [-0.4, -0.2) is 48.3 Å². The minimum absolute atomic E-state index is 0.00691. The molecule has 2 N–H and O–H groups in total. The van der Waals surface area contributed by atoms with Gasteiger partial charge < -0.3 is 15.5 Å². The highest BCUT2D eigenvalue weighted by Crippen LogP contribution is 2.24. The van der Waals surface area contributed by atoms with Crippen LogP contribution in [0.3, 0.4) is 0 Å². The third-order valence-corrected chi connectivity index (χ3v) is 6.38. The SMILES string of the molecule is Cc1ccccc1C(=O)N1CCC([C@@H](NC(=O)c2ccccc2Cl)C(=O)NCC(C)C)CC1. The van der Waals surface area contributed by atoms with Crippen molar-refractivity contribution in [3.05, 3.63) is 70.2 Å². The minimum Gasteiger partial charge on any atom is -0.354 e. The van der Waals surface area contributed by atoms with Crippen molar-refractivity contribution in [1.29, 1.82) is 0 Å². The lowest BCUT2D eigenvalue weighted by molar-refractivity contribution is -0.124. The first-order chi connectivity index (χ1) is 15.8. The van der Waals surface area contributed by atoms with Gasteiger partial charge in [-0.15, -0.1) is 0 Å². The Labute approximate surface area is 200 Å². The number of piperidine rings is 1. The number of rotatable bonds is 7. The van der Waals surface area contributed by atoms with Gasteiger partial charge in [0, 0.05) is 25.2 Å². The normalized spacial score (nSPS) is 15.2. The number of nitrogens with one attached hydrogen (secondary N) is 2. The van der Waals surface area contributed by atoms with E-state index in [4.69, 9.17) is 11.6 Å². The summed E-state index contributed by atoms with van der Waals surface area (Å²) >= 11 is 6.19. The van der Waals surface area contributed by atoms with Gasteiger partial charge in [0.05, 0.1) is 10.6 Å². The maximum Gasteiger partial charge on any atom is 0.254 e. The molecule has 33 heavy (non-hydrogen) atoms. The van der Waals surface area contributed by atoms with E-state index in [2.05, 4.69) is 10.6 Å². The van der Waals surface area contributed by atoms with Crippen LogP contribution >= 0.6 is 11.6 Å². The molecule has 3 rings (SSSR count). The summed E-state index contributed by atoms with van der Waals surface area (Å²) < 4.78 is 0. The second-order valence-corrected chi connectivity index (χ2v) is 9.42. The second-order valence-electron chi connectivity index (χ2n) is 9.01. The van der Waals surface area contributed by atoms with E-state index in [1.165, 1.54) is 0 Å². The van der Waals surface area contributed by atoms with Gasteiger partial charge in [0.1, 0.15) is 6.04 Å². The van der Waals surface area contributed by atoms with Crippen LogP contribution in [0.5, 0.6) is 0 Å². The number of hydrogen-bond acceptors (Lipinski definition) is 3. The molecule has 1 fully saturated rings. The zero-order chi connectivity index (χ0) is 24.0. The summed E-state index contributed by atoms with van der Waals surface area (Å²) in [5.41, 5.74) is 1.99. The highest BCUT2D eigenvalue weighted by molar-refractivity contribution is 6.33. The van der Waals surface area contributed by atoms with Gasteiger partial charge in [0.25, 0.3) is 11.8 Å². The molecule has 0 saturated carbocycles. The summed E-state index contributed by atoms with van der Waals surface area (Å²) in [7, 11) is 0. The molecule has 1 heterocycles. The molecule has 0 unspecified atom stereocenters. The lowest BCUT2D eigenvalue weighted by Gasteiger charge is -2.36. The van der Waals surface area contributed by atoms with Gasteiger partial charge in [-0.1, -0.05) is 55.8 Å². The molecule has 1 atom stereocenters. The fraction of sp³-hybridized carbons (Fsp3) is 0.423. The van der Waals surface area contributed by atoms with Crippen LogP contribution in [0.15, 0.2) is 48.5 Å². The molecular weight excluding hydrogens is 438 g/mol. The van der Waals surface area contributed by atoms with Crippen LogP contribution in [-0.2, 0) is 4.79 Å². The molecule has 7 heteroatoms. The molecule has 1 saturated heterocycles. The van der Waals surface area contributed by atoms with Gasteiger partial charge in [-0.2, -0.15) is 0 Å². The number of likely N-dealkylation sites (tertiary alicyclic amines) is 1. The van der Waals surface area contributed by atoms with Crippen LogP contribution in [0, 0.1) is 18.8 Å². The Morgan fingerprint density at radius 1 is 1.00 bits per heavy atom. The van der Waals surface area contributed by atoms with Crippen molar-refractivity contribution in [1.82, 2.24) is 15.5 Å². The van der Waals surface area contributed by atoms with Crippen molar-refractivity contribution in [3.63, 3.8) is 0 Å². The summed E-state index contributed by atoms with van der Waals surface area (Å²) in [6.07, 6.45) is 1.25. The summed E-state index contributed by atoms with van der Waals surface area (Å²) in [5.74, 6) is -0.351. The van der Waals surface area contributed by atoms with Crippen LogP contribution in [0.25, 0.3) is 0 Å². The van der Waals surface area contributed by atoms with Crippen LogP contribution in [0.4, 0.5) is 0 Å². The Kier molecular flexibility index (Phi) is 8.50. The summed E-state index contributed by atoms with van der Waals surface area (Å²) in [6, 6.07) is 13.7. The topological polar surface area (TPSA) is 78.5 Å². The molecule has 176 valence electrons. The predicted octanol–water partition coefficient (Wildman–Crippen LogP) is 4.07. The average Bonchev–Trinajstić information content (AvgIpc) is 2.81. The van der Waals surface area contributed by atoms with Crippen LogP contribution < -0.4 is 10.6 Å². The minimum atomic E-state index is -0.691. The van der Waals surface area contributed by atoms with E-state index >= 15 is 0 Å². The molecule has 6 nitrogen and oxygen atoms in total. The molecule has 0 bridgehead atoms. The Morgan fingerprint density at radius 2 is 1.61 bits per heavy atom. The van der Waals surface area contributed by atoms with Gasteiger partial charge in [0.15, 0.2) is 0 Å². The quantitative estimate of drug-likeness (QED) is 0.641. The molecule has 0 aliphatic carbocycles. The molecule has 2 aromatic rings. The predicted molar refractivity (Wildman–Crippen MR) is 130 cm³/mol. The second kappa shape index (κ2) is 11.3. The van der Waals surface area contributed by atoms with Crippen molar-refractivity contribution < 1.29 is 14.4 Å². The van der Waals surface area contributed by atoms with Gasteiger partial charge in [-0.05, 0) is 55.4 Å². The Morgan fingerprint density at radius 3 is 2.21 bits per heavy atom.